The molecule has 2 heterocycles. The summed E-state index contributed by atoms with van der Waals surface area (Å²) in [4.78, 5) is 17.5. The third kappa shape index (κ3) is 4.51. The van der Waals surface area contributed by atoms with Gasteiger partial charge in [-0.25, -0.2) is 0 Å². The molecule has 0 spiro atoms. The van der Waals surface area contributed by atoms with Crippen LogP contribution in [0.25, 0.3) is 0 Å². The number of hydrogen-bond donors (Lipinski definition) is 0. The van der Waals surface area contributed by atoms with Crippen LogP contribution < -0.4 is 10.2 Å². The number of amides is 1. The van der Waals surface area contributed by atoms with Gasteiger partial charge in [0, 0.05) is 34.4 Å². The van der Waals surface area contributed by atoms with Crippen LogP contribution in [0.2, 0.25) is 0 Å². The predicted molar refractivity (Wildman–Crippen MR) is 117 cm³/mol. The predicted octanol–water partition coefficient (Wildman–Crippen LogP) is 3.66. The number of methoxy groups -OCH3 is 1. The Morgan fingerprint density at radius 1 is 1.36 bits per heavy atom. The van der Waals surface area contributed by atoms with Crippen LogP contribution in [0, 0.1) is 3.57 Å². The first-order valence-corrected chi connectivity index (χ1v) is 10.6. The lowest BCUT2D eigenvalue weighted by Gasteiger charge is -2.21. The van der Waals surface area contributed by atoms with Crippen LogP contribution in [0.3, 0.4) is 0 Å². The van der Waals surface area contributed by atoms with Gasteiger partial charge in [0.05, 0.1) is 25.3 Å². The van der Waals surface area contributed by atoms with Crippen molar-refractivity contribution in [3.05, 3.63) is 44.6 Å². The zero-order chi connectivity index (χ0) is 20.5. The fourth-order valence-corrected chi connectivity index (χ4v) is 4.07. The number of carbonyl (C=O) groups is 1. The molecule has 6 nitrogen and oxygen atoms in total. The molecule has 3 rings (SSSR count). The molecule has 7 heteroatoms. The maximum atomic E-state index is 13.0. The van der Waals surface area contributed by atoms with Gasteiger partial charge in [-0.3, -0.25) is 14.2 Å². The van der Waals surface area contributed by atoms with Crippen molar-refractivity contribution < 1.29 is 14.3 Å². The monoisotopic (exact) mass is 497 g/mol. The smallest absolute Gasteiger partial charge is 0.282 e. The number of aromatic nitrogens is 2. The Labute approximate surface area is 179 Å². The summed E-state index contributed by atoms with van der Waals surface area (Å²) >= 11 is 2.19. The number of rotatable bonds is 4. The summed E-state index contributed by atoms with van der Waals surface area (Å²) in [6, 6.07) is 7.53. The minimum atomic E-state index is -0.303. The van der Waals surface area contributed by atoms with Gasteiger partial charge in [0.1, 0.15) is 5.75 Å². The molecule has 1 aliphatic rings. The molecule has 0 unspecified atom stereocenters. The number of halogens is 1. The zero-order valence-corrected chi connectivity index (χ0v) is 19.3. The molecule has 0 aliphatic carbocycles. The number of benzene rings is 1. The lowest BCUT2D eigenvalue weighted by molar-refractivity contribution is 0.0885. The Kier molecular flexibility index (Phi) is 6.34. The molecule has 0 radical (unpaired) electrons. The molecule has 28 heavy (non-hydrogen) atoms. The minimum absolute atomic E-state index is 0.0658. The quantitative estimate of drug-likeness (QED) is 0.607. The van der Waals surface area contributed by atoms with Gasteiger partial charge in [0.15, 0.2) is 5.49 Å². The fraction of sp³-hybridized carbons (Fsp3) is 0.524. The zero-order valence-electron chi connectivity index (χ0n) is 17.2. The van der Waals surface area contributed by atoms with E-state index in [0.29, 0.717) is 23.3 Å². The van der Waals surface area contributed by atoms with Crippen molar-refractivity contribution >= 4 is 28.5 Å². The third-order valence-electron chi connectivity index (χ3n) is 5.02. The number of nitrogens with zero attached hydrogens (tertiary/aromatic N) is 3. The number of carbonyl (C=O) groups excluding carboxylic acids is 1. The van der Waals surface area contributed by atoms with E-state index in [9.17, 15) is 4.79 Å². The molecular weight excluding hydrogens is 469 g/mol. The maximum Gasteiger partial charge on any atom is 0.282 e. The molecule has 1 atom stereocenters. The lowest BCUT2D eigenvalue weighted by Crippen LogP contribution is -2.30. The van der Waals surface area contributed by atoms with Crippen LogP contribution >= 0.6 is 22.6 Å². The Hall–Kier alpha value is -1.61. The second-order valence-corrected chi connectivity index (χ2v) is 9.39. The van der Waals surface area contributed by atoms with Gasteiger partial charge in [0.2, 0.25) is 0 Å². The van der Waals surface area contributed by atoms with Crippen LogP contribution in [-0.2, 0) is 23.7 Å². The molecule has 1 amide bonds. The van der Waals surface area contributed by atoms with Gasteiger partial charge in [0.25, 0.3) is 5.91 Å². The number of ether oxygens (including phenoxy) is 2. The summed E-state index contributed by atoms with van der Waals surface area (Å²) in [5, 5.41) is 0. The largest absolute Gasteiger partial charge is 0.496 e. The first-order chi connectivity index (χ1) is 13.2. The van der Waals surface area contributed by atoms with Gasteiger partial charge >= 0.3 is 0 Å². The van der Waals surface area contributed by atoms with Crippen molar-refractivity contribution in [1.29, 1.82) is 0 Å². The Bertz CT molecular complexity index is 931. The van der Waals surface area contributed by atoms with Crippen molar-refractivity contribution in [3.8, 4) is 5.75 Å². The van der Waals surface area contributed by atoms with Crippen molar-refractivity contribution in [2.75, 3.05) is 13.7 Å². The average Bonchev–Trinajstić information content (AvgIpc) is 3.24. The van der Waals surface area contributed by atoms with Crippen molar-refractivity contribution in [1.82, 2.24) is 9.36 Å². The van der Waals surface area contributed by atoms with Gasteiger partial charge in [-0.1, -0.05) is 20.8 Å². The molecule has 1 aliphatic heterocycles. The Morgan fingerprint density at radius 2 is 2.11 bits per heavy atom. The molecule has 0 N–H and O–H groups in total. The summed E-state index contributed by atoms with van der Waals surface area (Å²) in [6.45, 7) is 7.96. The fourth-order valence-electron chi connectivity index (χ4n) is 3.57. The second kappa shape index (κ2) is 8.41. The van der Waals surface area contributed by atoms with Crippen molar-refractivity contribution in [2.24, 2.45) is 12.0 Å². The van der Waals surface area contributed by atoms with E-state index in [2.05, 4.69) is 57.7 Å². The average molecular weight is 497 g/mol. The van der Waals surface area contributed by atoms with Gasteiger partial charge in [-0.15, -0.1) is 0 Å². The first-order valence-electron chi connectivity index (χ1n) is 9.52. The topological polar surface area (TPSA) is 57.8 Å². The summed E-state index contributed by atoms with van der Waals surface area (Å²) in [5.74, 6) is 0.231. The third-order valence-corrected chi connectivity index (χ3v) is 5.69. The molecule has 1 fully saturated rings. The van der Waals surface area contributed by atoms with Crippen LogP contribution in [-0.4, -0.2) is 35.1 Å². The second-order valence-electron chi connectivity index (χ2n) is 8.14. The summed E-state index contributed by atoms with van der Waals surface area (Å²) in [5.41, 5.74) is 2.17. The lowest BCUT2D eigenvalue weighted by atomic mass is 9.92. The summed E-state index contributed by atoms with van der Waals surface area (Å²) in [6.07, 6.45) is 2.26. The van der Waals surface area contributed by atoms with Crippen molar-refractivity contribution in [3.63, 3.8) is 0 Å². The van der Waals surface area contributed by atoms with E-state index in [1.165, 1.54) is 0 Å². The highest BCUT2D eigenvalue weighted by molar-refractivity contribution is 14.1. The summed E-state index contributed by atoms with van der Waals surface area (Å²) < 4.78 is 16.3. The SMILES string of the molecule is COc1ccc(I)cc1C(=O)N=c1cc(C(C)(C)C)n(C)n1C[C@H]1CCCO1. The highest BCUT2D eigenvalue weighted by atomic mass is 127. The van der Waals surface area contributed by atoms with E-state index in [1.807, 2.05) is 25.2 Å². The van der Waals surface area contributed by atoms with Crippen LogP contribution in [0.4, 0.5) is 0 Å². The Balaban J connectivity index is 2.08. The molecule has 0 saturated carbocycles. The van der Waals surface area contributed by atoms with E-state index in [-0.39, 0.29) is 17.4 Å². The number of hydrogen-bond acceptors (Lipinski definition) is 3. The molecule has 1 aromatic heterocycles. The van der Waals surface area contributed by atoms with Crippen molar-refractivity contribution in [2.45, 2.75) is 51.7 Å². The maximum absolute atomic E-state index is 13.0. The molecule has 0 bridgehead atoms. The van der Waals surface area contributed by atoms with E-state index in [0.717, 1.165) is 28.7 Å². The van der Waals surface area contributed by atoms with E-state index >= 15 is 0 Å². The van der Waals surface area contributed by atoms with Gasteiger partial charge < -0.3 is 9.47 Å². The van der Waals surface area contributed by atoms with E-state index in [1.54, 1.807) is 13.2 Å². The normalized spacial score (nSPS) is 17.9. The standard InChI is InChI=1S/C21H28IN3O3/c1-21(2,3)18-12-19(25(24(18)4)13-15-7-6-10-28-15)23-20(26)16-11-14(22)8-9-17(16)27-5/h8-9,11-12,15H,6-7,10,13H2,1-5H3/t15-/m1/s1. The van der Waals surface area contributed by atoms with Crippen LogP contribution in [0.1, 0.15) is 49.7 Å². The van der Waals surface area contributed by atoms with Gasteiger partial charge in [-0.05, 0) is 53.6 Å². The minimum Gasteiger partial charge on any atom is -0.496 e. The molecule has 1 aromatic carbocycles. The Morgan fingerprint density at radius 3 is 2.71 bits per heavy atom. The summed E-state index contributed by atoms with van der Waals surface area (Å²) in [7, 11) is 3.59. The van der Waals surface area contributed by atoms with Crippen LogP contribution in [0.5, 0.6) is 5.75 Å². The van der Waals surface area contributed by atoms with Crippen LogP contribution in [0.15, 0.2) is 29.3 Å². The molecule has 1 saturated heterocycles. The van der Waals surface area contributed by atoms with E-state index in [4.69, 9.17) is 9.47 Å². The molecule has 2 aromatic rings. The van der Waals surface area contributed by atoms with E-state index < -0.39 is 0 Å². The highest BCUT2D eigenvalue weighted by Gasteiger charge is 2.24. The molecular formula is C21H28IN3O3. The first kappa shape index (κ1) is 21.1. The molecule has 152 valence electrons. The highest BCUT2D eigenvalue weighted by Crippen LogP contribution is 2.23. The van der Waals surface area contributed by atoms with Gasteiger partial charge in [-0.2, -0.15) is 4.99 Å².